The first-order valence-corrected chi connectivity index (χ1v) is 11.3. The van der Waals surface area contributed by atoms with Crippen molar-refractivity contribution in [3.05, 3.63) is 75.0 Å². The molecule has 0 unspecified atom stereocenters. The molecular weight excluding hydrogens is 534 g/mol. The molecule has 1 heterocycles. The minimum Gasteiger partial charge on any atom is -0.491 e. The van der Waals surface area contributed by atoms with Crippen LogP contribution in [0.25, 0.3) is 11.1 Å². The zero-order valence-electron chi connectivity index (χ0n) is 19.4. The monoisotopic (exact) mass is 551 g/mol. The van der Waals surface area contributed by atoms with Crippen LogP contribution in [0, 0.1) is 18.3 Å². The van der Waals surface area contributed by atoms with Crippen molar-refractivity contribution in [3.63, 3.8) is 0 Å². The van der Waals surface area contributed by atoms with E-state index in [2.05, 4.69) is 4.98 Å². The second-order valence-corrected chi connectivity index (χ2v) is 8.60. The summed E-state index contributed by atoms with van der Waals surface area (Å²) in [6.07, 6.45) is -4.31. The second-order valence-electron chi connectivity index (χ2n) is 7.78. The van der Waals surface area contributed by atoms with Crippen LogP contribution in [0.15, 0.2) is 42.6 Å². The molecule has 0 saturated heterocycles. The summed E-state index contributed by atoms with van der Waals surface area (Å²) in [7, 11) is 1.40. The number of nitrogens with zero attached hydrogens (tertiary/aromatic N) is 3. The summed E-state index contributed by atoms with van der Waals surface area (Å²) in [6.45, 7) is 1.45. The van der Waals surface area contributed by atoms with Crippen molar-refractivity contribution in [2.24, 2.45) is 0 Å². The van der Waals surface area contributed by atoms with Crippen LogP contribution in [-0.4, -0.2) is 35.6 Å². The molecular formula is C25H18Cl2F3N3O4. The molecule has 0 bridgehead atoms. The molecule has 7 nitrogen and oxygen atoms in total. The first kappa shape index (κ1) is 27.8. The van der Waals surface area contributed by atoms with Crippen LogP contribution in [-0.2, 0) is 11.0 Å². The number of carboxylic acids is 1. The van der Waals surface area contributed by atoms with E-state index in [0.717, 1.165) is 12.3 Å². The molecule has 0 aliphatic rings. The Morgan fingerprint density at radius 2 is 1.92 bits per heavy atom. The fourth-order valence-corrected chi connectivity index (χ4v) is 4.27. The van der Waals surface area contributed by atoms with E-state index in [9.17, 15) is 28.0 Å². The first-order chi connectivity index (χ1) is 17.4. The SMILES string of the molecule is Cc1cc(Cl)cc(OCCC(=O)O)c1N(C)C(=O)c1cccc(-c2c(C#N)ccnc2C(F)(F)F)c1Cl. The average molecular weight is 552 g/mol. The maximum absolute atomic E-state index is 13.7. The number of rotatable bonds is 7. The van der Waals surface area contributed by atoms with Gasteiger partial charge in [0.2, 0.25) is 0 Å². The van der Waals surface area contributed by atoms with Crippen LogP contribution >= 0.6 is 23.2 Å². The molecule has 0 aliphatic carbocycles. The van der Waals surface area contributed by atoms with Crippen molar-refractivity contribution in [1.29, 1.82) is 5.26 Å². The summed E-state index contributed by atoms with van der Waals surface area (Å²) in [5, 5.41) is 18.3. The van der Waals surface area contributed by atoms with Gasteiger partial charge in [0.25, 0.3) is 5.91 Å². The van der Waals surface area contributed by atoms with Crippen molar-refractivity contribution in [3.8, 4) is 22.9 Å². The summed E-state index contributed by atoms with van der Waals surface area (Å²) in [5.41, 5.74) is -1.73. The third-order valence-electron chi connectivity index (χ3n) is 5.28. The number of aryl methyl sites for hydroxylation is 1. The van der Waals surface area contributed by atoms with Crippen molar-refractivity contribution >= 4 is 40.8 Å². The molecule has 0 fully saturated rings. The Kier molecular flexibility index (Phi) is 8.31. The Labute approximate surface area is 219 Å². The van der Waals surface area contributed by atoms with Crippen molar-refractivity contribution in [1.82, 2.24) is 4.98 Å². The lowest BCUT2D eigenvalue weighted by atomic mass is 9.96. The van der Waals surface area contributed by atoms with Gasteiger partial charge in [-0.3, -0.25) is 14.6 Å². The highest BCUT2D eigenvalue weighted by Crippen LogP contribution is 2.42. The van der Waals surface area contributed by atoms with Crippen molar-refractivity contribution < 1.29 is 32.6 Å². The first-order valence-electron chi connectivity index (χ1n) is 10.5. The quantitative estimate of drug-likeness (QED) is 0.365. The van der Waals surface area contributed by atoms with Gasteiger partial charge in [0.1, 0.15) is 5.75 Å². The van der Waals surface area contributed by atoms with E-state index >= 15 is 0 Å². The lowest BCUT2D eigenvalue weighted by molar-refractivity contribution is -0.140. The van der Waals surface area contributed by atoms with Crippen LogP contribution in [0.5, 0.6) is 5.75 Å². The number of anilines is 1. The van der Waals surface area contributed by atoms with Gasteiger partial charge in [0.05, 0.1) is 40.9 Å². The molecule has 3 aromatic rings. The number of aromatic nitrogens is 1. The largest absolute Gasteiger partial charge is 0.491 e. The number of pyridine rings is 1. The molecule has 1 aromatic heterocycles. The van der Waals surface area contributed by atoms with Gasteiger partial charge in [-0.15, -0.1) is 0 Å². The van der Waals surface area contributed by atoms with Gasteiger partial charge in [-0.2, -0.15) is 18.4 Å². The Bertz CT molecular complexity index is 1420. The van der Waals surface area contributed by atoms with Gasteiger partial charge < -0.3 is 14.7 Å². The number of nitriles is 1. The molecule has 37 heavy (non-hydrogen) atoms. The number of amides is 1. The average Bonchev–Trinajstić information content (AvgIpc) is 2.82. The van der Waals surface area contributed by atoms with Gasteiger partial charge in [0.15, 0.2) is 5.69 Å². The standard InChI is InChI=1S/C25H18Cl2F3N3O4/c1-13-10-15(26)11-18(37-9-7-19(34)35)22(13)33(2)24(36)17-5-3-4-16(21(17)27)20-14(12-31)6-8-32-23(20)25(28,29)30/h3-6,8,10-11H,7,9H2,1-2H3,(H,34,35). The predicted molar refractivity (Wildman–Crippen MR) is 131 cm³/mol. The van der Waals surface area contributed by atoms with Crippen LogP contribution in [0.3, 0.4) is 0 Å². The van der Waals surface area contributed by atoms with E-state index in [1.807, 2.05) is 0 Å². The second kappa shape index (κ2) is 11.1. The Balaban J connectivity index is 2.11. The molecule has 3 rings (SSSR count). The Morgan fingerprint density at radius 3 is 2.54 bits per heavy atom. The Morgan fingerprint density at radius 1 is 1.22 bits per heavy atom. The van der Waals surface area contributed by atoms with Gasteiger partial charge in [-0.25, -0.2) is 0 Å². The third kappa shape index (κ3) is 5.96. The maximum atomic E-state index is 13.7. The lowest BCUT2D eigenvalue weighted by Crippen LogP contribution is -2.28. The molecule has 0 saturated carbocycles. The smallest absolute Gasteiger partial charge is 0.434 e. The number of halogens is 5. The van der Waals surface area contributed by atoms with E-state index in [1.54, 1.807) is 19.1 Å². The number of carbonyl (C=O) groups excluding carboxylic acids is 1. The number of hydrogen-bond acceptors (Lipinski definition) is 5. The predicted octanol–water partition coefficient (Wildman–Crippen LogP) is 6.38. The Hall–Kier alpha value is -3.81. The molecule has 1 N–H and O–H groups in total. The van der Waals surface area contributed by atoms with Gasteiger partial charge in [0, 0.05) is 35.5 Å². The van der Waals surface area contributed by atoms with Crippen LogP contribution in [0.4, 0.5) is 18.9 Å². The van der Waals surface area contributed by atoms with Gasteiger partial charge >= 0.3 is 12.1 Å². The molecule has 0 aliphatic heterocycles. The fourth-order valence-electron chi connectivity index (χ4n) is 3.71. The van der Waals surface area contributed by atoms with Crippen LogP contribution in [0.1, 0.15) is 33.6 Å². The minimum absolute atomic E-state index is 0.132. The molecule has 192 valence electrons. The zero-order chi connectivity index (χ0) is 27.5. The summed E-state index contributed by atoms with van der Waals surface area (Å²) < 4.78 is 46.7. The number of carbonyl (C=O) groups is 2. The van der Waals surface area contributed by atoms with Gasteiger partial charge in [-0.1, -0.05) is 35.3 Å². The van der Waals surface area contributed by atoms with E-state index in [4.69, 9.17) is 33.0 Å². The number of benzene rings is 2. The number of ether oxygens (including phenoxy) is 1. The topological polar surface area (TPSA) is 104 Å². The summed E-state index contributed by atoms with van der Waals surface area (Å²) >= 11 is 12.6. The highest BCUT2D eigenvalue weighted by Gasteiger charge is 2.37. The van der Waals surface area contributed by atoms with E-state index in [0.29, 0.717) is 5.56 Å². The maximum Gasteiger partial charge on any atom is 0.434 e. The highest BCUT2D eigenvalue weighted by molar-refractivity contribution is 6.37. The summed E-state index contributed by atoms with van der Waals surface area (Å²) in [4.78, 5) is 29.0. The number of carboxylic acid groups (broad SMARTS) is 1. The molecule has 12 heteroatoms. The highest BCUT2D eigenvalue weighted by atomic mass is 35.5. The summed E-state index contributed by atoms with van der Waals surface area (Å²) in [6, 6.07) is 9.75. The lowest BCUT2D eigenvalue weighted by Gasteiger charge is -2.24. The fraction of sp³-hybridized carbons (Fsp3) is 0.200. The molecule has 0 spiro atoms. The third-order valence-corrected chi connectivity index (χ3v) is 5.91. The van der Waals surface area contributed by atoms with Crippen molar-refractivity contribution in [2.75, 3.05) is 18.6 Å². The summed E-state index contributed by atoms with van der Waals surface area (Å²) in [5.74, 6) is -1.65. The number of aliphatic carboxylic acids is 1. The van der Waals surface area contributed by atoms with E-state index < -0.39 is 29.3 Å². The van der Waals surface area contributed by atoms with Crippen LogP contribution < -0.4 is 9.64 Å². The van der Waals surface area contributed by atoms with Crippen LogP contribution in [0.2, 0.25) is 10.0 Å². The zero-order valence-corrected chi connectivity index (χ0v) is 20.9. The van der Waals surface area contributed by atoms with Gasteiger partial charge in [-0.05, 0) is 30.7 Å². The molecule has 1 amide bonds. The molecule has 0 atom stereocenters. The normalized spacial score (nSPS) is 11.1. The number of hydrogen-bond donors (Lipinski definition) is 1. The van der Waals surface area contributed by atoms with E-state index in [-0.39, 0.29) is 51.2 Å². The molecule has 2 aromatic carbocycles. The van der Waals surface area contributed by atoms with E-state index in [1.165, 1.54) is 36.2 Å². The van der Waals surface area contributed by atoms with Crippen molar-refractivity contribution in [2.45, 2.75) is 19.5 Å². The number of alkyl halides is 3. The molecule has 0 radical (unpaired) electrons. The minimum atomic E-state index is -4.88.